The molecule has 2 N–H and O–H groups in total. The highest BCUT2D eigenvalue weighted by atomic mass is 32.2. The van der Waals surface area contributed by atoms with Crippen molar-refractivity contribution in [1.29, 1.82) is 0 Å². The number of ether oxygens (including phenoxy) is 1. The summed E-state index contributed by atoms with van der Waals surface area (Å²) in [6.45, 7) is 2.02. The first-order valence-electron chi connectivity index (χ1n) is 7.80. The van der Waals surface area contributed by atoms with Crippen molar-refractivity contribution in [1.82, 2.24) is 4.72 Å². The number of benzene rings is 2. The van der Waals surface area contributed by atoms with E-state index in [9.17, 15) is 13.5 Å². The molecule has 2 aromatic carbocycles. The second kappa shape index (κ2) is 6.64. The number of aliphatic hydroxyl groups is 1. The van der Waals surface area contributed by atoms with Gasteiger partial charge in [-0.25, -0.2) is 8.42 Å². The SMILES string of the molecule is Cc1ccc(S(=O)(=O)NC2(CO)COC2)c(Cc2ccccc2)c1. The topological polar surface area (TPSA) is 75.6 Å². The summed E-state index contributed by atoms with van der Waals surface area (Å²) in [5.74, 6) is 0. The molecule has 0 atom stereocenters. The van der Waals surface area contributed by atoms with Gasteiger partial charge in [-0.15, -0.1) is 0 Å². The highest BCUT2D eigenvalue weighted by molar-refractivity contribution is 7.89. The van der Waals surface area contributed by atoms with E-state index in [-0.39, 0.29) is 24.7 Å². The van der Waals surface area contributed by atoms with Crippen LogP contribution in [0.1, 0.15) is 16.7 Å². The molecule has 0 aromatic heterocycles. The van der Waals surface area contributed by atoms with Crippen LogP contribution in [0.4, 0.5) is 0 Å². The fourth-order valence-electron chi connectivity index (χ4n) is 2.80. The summed E-state index contributed by atoms with van der Waals surface area (Å²) >= 11 is 0. The highest BCUT2D eigenvalue weighted by Gasteiger charge is 2.42. The lowest BCUT2D eigenvalue weighted by Gasteiger charge is -2.40. The van der Waals surface area contributed by atoms with Crippen molar-refractivity contribution in [3.8, 4) is 0 Å². The van der Waals surface area contributed by atoms with E-state index >= 15 is 0 Å². The van der Waals surface area contributed by atoms with Gasteiger partial charge in [0.25, 0.3) is 0 Å². The minimum absolute atomic E-state index is 0.183. The van der Waals surface area contributed by atoms with Gasteiger partial charge in [0.15, 0.2) is 0 Å². The summed E-state index contributed by atoms with van der Waals surface area (Å²) in [6, 6.07) is 15.0. The molecule has 24 heavy (non-hydrogen) atoms. The normalized spacial score (nSPS) is 16.6. The second-order valence-corrected chi connectivity index (χ2v) is 7.96. The maximum atomic E-state index is 12.8. The van der Waals surface area contributed by atoms with Crippen LogP contribution >= 0.6 is 0 Å². The summed E-state index contributed by atoms with van der Waals surface area (Å²) in [6.07, 6.45) is 0.529. The molecule has 0 spiro atoms. The number of aliphatic hydroxyl groups excluding tert-OH is 1. The van der Waals surface area contributed by atoms with Crippen LogP contribution in [-0.2, 0) is 21.2 Å². The molecule has 0 amide bonds. The van der Waals surface area contributed by atoms with Crippen molar-refractivity contribution in [3.05, 3.63) is 65.2 Å². The van der Waals surface area contributed by atoms with E-state index in [2.05, 4.69) is 4.72 Å². The fraction of sp³-hybridized carbons (Fsp3) is 0.333. The third kappa shape index (κ3) is 3.52. The summed E-state index contributed by atoms with van der Waals surface area (Å²) in [5, 5.41) is 9.49. The Morgan fingerprint density at radius 2 is 1.88 bits per heavy atom. The molecular weight excluding hydrogens is 326 g/mol. The highest BCUT2D eigenvalue weighted by Crippen LogP contribution is 2.25. The molecule has 0 bridgehead atoms. The van der Waals surface area contributed by atoms with Gasteiger partial charge in [-0.05, 0) is 30.5 Å². The standard InChI is InChI=1S/C18H21NO4S/c1-14-7-8-17(16(9-14)10-15-5-3-2-4-6-15)24(21,22)19-18(11-20)12-23-13-18/h2-9,19-20H,10-13H2,1H3. The van der Waals surface area contributed by atoms with Crippen LogP contribution in [0.5, 0.6) is 0 Å². The maximum Gasteiger partial charge on any atom is 0.241 e. The van der Waals surface area contributed by atoms with E-state index in [0.717, 1.165) is 16.7 Å². The Balaban J connectivity index is 1.95. The molecule has 128 valence electrons. The molecule has 2 aromatic rings. The Labute approximate surface area is 142 Å². The van der Waals surface area contributed by atoms with Gasteiger partial charge in [-0.2, -0.15) is 4.72 Å². The van der Waals surface area contributed by atoms with E-state index in [1.54, 1.807) is 12.1 Å². The second-order valence-electron chi connectivity index (χ2n) is 6.31. The van der Waals surface area contributed by atoms with E-state index < -0.39 is 15.6 Å². The predicted octanol–water partition coefficient (Wildman–Crippen LogP) is 1.63. The average Bonchev–Trinajstić information content (AvgIpc) is 2.52. The number of hydrogen-bond acceptors (Lipinski definition) is 4. The molecule has 1 heterocycles. The van der Waals surface area contributed by atoms with Gasteiger partial charge < -0.3 is 9.84 Å². The molecule has 0 unspecified atom stereocenters. The van der Waals surface area contributed by atoms with E-state index in [1.165, 1.54) is 0 Å². The Bertz CT molecular complexity index is 809. The summed E-state index contributed by atoms with van der Waals surface area (Å²) in [7, 11) is -3.75. The van der Waals surface area contributed by atoms with Gasteiger partial charge in [-0.1, -0.05) is 48.0 Å². The fourth-order valence-corrected chi connectivity index (χ4v) is 4.38. The molecule has 3 rings (SSSR count). The van der Waals surface area contributed by atoms with Crippen molar-refractivity contribution in [2.24, 2.45) is 0 Å². The zero-order valence-corrected chi connectivity index (χ0v) is 14.3. The molecule has 1 aliphatic rings. The minimum Gasteiger partial charge on any atom is -0.394 e. The lowest BCUT2D eigenvalue weighted by molar-refractivity contribution is -0.0858. The molecule has 1 saturated heterocycles. The third-order valence-corrected chi connectivity index (χ3v) is 5.83. The Hall–Kier alpha value is -1.73. The molecule has 6 heteroatoms. The van der Waals surface area contributed by atoms with Crippen molar-refractivity contribution in [3.63, 3.8) is 0 Å². The van der Waals surface area contributed by atoms with Crippen LogP contribution in [0.2, 0.25) is 0 Å². The van der Waals surface area contributed by atoms with Gasteiger partial charge in [0, 0.05) is 0 Å². The first kappa shape index (κ1) is 17.1. The van der Waals surface area contributed by atoms with Crippen LogP contribution in [0, 0.1) is 6.92 Å². The van der Waals surface area contributed by atoms with Crippen molar-refractivity contribution in [2.45, 2.75) is 23.8 Å². The average molecular weight is 347 g/mol. The Morgan fingerprint density at radius 3 is 2.46 bits per heavy atom. The summed E-state index contributed by atoms with van der Waals surface area (Å²) in [5.41, 5.74) is 1.88. The Kier molecular flexibility index (Phi) is 4.73. The van der Waals surface area contributed by atoms with Gasteiger partial charge in [-0.3, -0.25) is 0 Å². The molecule has 1 fully saturated rings. The van der Waals surface area contributed by atoms with E-state index in [4.69, 9.17) is 4.74 Å². The zero-order chi connectivity index (χ0) is 17.2. The lowest BCUT2D eigenvalue weighted by Crippen LogP contribution is -2.64. The molecule has 0 aliphatic carbocycles. The lowest BCUT2D eigenvalue weighted by atomic mass is 10.0. The van der Waals surface area contributed by atoms with E-state index in [0.29, 0.717) is 6.42 Å². The smallest absolute Gasteiger partial charge is 0.241 e. The van der Waals surface area contributed by atoms with E-state index in [1.807, 2.05) is 43.3 Å². The first-order valence-corrected chi connectivity index (χ1v) is 9.28. The molecular formula is C18H21NO4S. The minimum atomic E-state index is -3.75. The Morgan fingerprint density at radius 1 is 1.17 bits per heavy atom. The quantitative estimate of drug-likeness (QED) is 0.833. The van der Waals surface area contributed by atoms with Crippen LogP contribution < -0.4 is 4.72 Å². The first-order chi connectivity index (χ1) is 11.4. The summed E-state index contributed by atoms with van der Waals surface area (Å²) in [4.78, 5) is 0.247. The van der Waals surface area contributed by atoms with Crippen LogP contribution in [0.25, 0.3) is 0 Å². The number of sulfonamides is 1. The number of aryl methyl sites for hydroxylation is 1. The molecule has 0 saturated carbocycles. The van der Waals surface area contributed by atoms with Crippen molar-refractivity contribution >= 4 is 10.0 Å². The van der Waals surface area contributed by atoms with Crippen molar-refractivity contribution in [2.75, 3.05) is 19.8 Å². The number of hydrogen-bond donors (Lipinski definition) is 2. The van der Waals surface area contributed by atoms with Gasteiger partial charge >= 0.3 is 0 Å². The van der Waals surface area contributed by atoms with Crippen LogP contribution in [-0.4, -0.2) is 38.9 Å². The number of rotatable bonds is 6. The van der Waals surface area contributed by atoms with Crippen LogP contribution in [0.3, 0.4) is 0 Å². The predicted molar refractivity (Wildman–Crippen MR) is 91.4 cm³/mol. The summed E-state index contributed by atoms with van der Waals surface area (Å²) < 4.78 is 33.4. The maximum absolute atomic E-state index is 12.8. The number of nitrogens with one attached hydrogen (secondary N) is 1. The van der Waals surface area contributed by atoms with Gasteiger partial charge in [0.05, 0.1) is 24.7 Å². The zero-order valence-electron chi connectivity index (χ0n) is 13.5. The molecule has 1 aliphatic heterocycles. The van der Waals surface area contributed by atoms with Gasteiger partial charge in [0.1, 0.15) is 5.54 Å². The molecule has 0 radical (unpaired) electrons. The molecule has 5 nitrogen and oxygen atoms in total. The van der Waals surface area contributed by atoms with Crippen molar-refractivity contribution < 1.29 is 18.3 Å². The van der Waals surface area contributed by atoms with Gasteiger partial charge in [0.2, 0.25) is 10.0 Å². The largest absolute Gasteiger partial charge is 0.394 e. The monoisotopic (exact) mass is 347 g/mol. The van der Waals surface area contributed by atoms with Crippen LogP contribution in [0.15, 0.2) is 53.4 Å². The third-order valence-electron chi connectivity index (χ3n) is 4.15.